The molecule has 1 aromatic rings. The van der Waals surface area contributed by atoms with Crippen molar-refractivity contribution < 1.29 is 18.9 Å². The van der Waals surface area contributed by atoms with E-state index in [4.69, 9.17) is 18.9 Å². The zero-order valence-corrected chi connectivity index (χ0v) is 12.1. The summed E-state index contributed by atoms with van der Waals surface area (Å²) in [5, 5.41) is 0. The highest BCUT2D eigenvalue weighted by atomic mass is 16.7. The van der Waals surface area contributed by atoms with E-state index < -0.39 is 0 Å². The first-order valence-electron chi connectivity index (χ1n) is 6.94. The van der Waals surface area contributed by atoms with Crippen LogP contribution in [-0.4, -0.2) is 26.6 Å². The Morgan fingerprint density at radius 3 is 2.65 bits per heavy atom. The lowest BCUT2D eigenvalue weighted by Crippen LogP contribution is -2.01. The third kappa shape index (κ3) is 4.87. The van der Waals surface area contributed by atoms with Gasteiger partial charge in [0.15, 0.2) is 11.5 Å². The molecule has 0 amide bonds. The van der Waals surface area contributed by atoms with Crippen LogP contribution in [-0.2, 0) is 16.1 Å². The van der Waals surface area contributed by atoms with Gasteiger partial charge in [0.05, 0.1) is 19.8 Å². The van der Waals surface area contributed by atoms with E-state index in [-0.39, 0.29) is 0 Å². The Balaban J connectivity index is 1.60. The largest absolute Gasteiger partial charge is 0.454 e. The molecule has 0 bridgehead atoms. The first kappa shape index (κ1) is 14.9. The Bertz CT molecular complexity index is 440. The average molecular weight is 278 g/mol. The van der Waals surface area contributed by atoms with Gasteiger partial charge in [-0.05, 0) is 23.6 Å². The summed E-state index contributed by atoms with van der Waals surface area (Å²) in [5.41, 5.74) is 1.08. The molecule has 4 heteroatoms. The van der Waals surface area contributed by atoms with Crippen molar-refractivity contribution in [2.75, 3.05) is 26.6 Å². The monoisotopic (exact) mass is 278 g/mol. The van der Waals surface area contributed by atoms with E-state index in [1.807, 2.05) is 30.4 Å². The maximum absolute atomic E-state index is 5.57. The van der Waals surface area contributed by atoms with Gasteiger partial charge in [0.1, 0.15) is 0 Å². The molecule has 0 atom stereocenters. The van der Waals surface area contributed by atoms with Crippen LogP contribution in [0.5, 0.6) is 11.5 Å². The van der Waals surface area contributed by atoms with Crippen LogP contribution >= 0.6 is 0 Å². The predicted molar refractivity (Wildman–Crippen MR) is 77.0 cm³/mol. The van der Waals surface area contributed by atoms with Crippen molar-refractivity contribution in [3.63, 3.8) is 0 Å². The quantitative estimate of drug-likeness (QED) is 0.540. The standard InChI is InChI=1S/C16H22O4/c1-13(2)10-17-7-3-4-8-18-11-14-5-6-15-16(9-14)20-12-19-15/h3-6,9,13H,7-8,10-12H2,1-2H3/b4-3+. The zero-order chi connectivity index (χ0) is 14.2. The molecule has 4 nitrogen and oxygen atoms in total. The Morgan fingerprint density at radius 1 is 1.10 bits per heavy atom. The van der Waals surface area contributed by atoms with Crippen LogP contribution in [0.2, 0.25) is 0 Å². The van der Waals surface area contributed by atoms with Gasteiger partial charge in [-0.3, -0.25) is 0 Å². The second-order valence-corrected chi connectivity index (χ2v) is 5.11. The van der Waals surface area contributed by atoms with Crippen molar-refractivity contribution >= 4 is 0 Å². The van der Waals surface area contributed by atoms with E-state index >= 15 is 0 Å². The second kappa shape index (κ2) is 7.92. The summed E-state index contributed by atoms with van der Waals surface area (Å²) < 4.78 is 21.6. The first-order valence-corrected chi connectivity index (χ1v) is 6.94. The highest BCUT2D eigenvalue weighted by Gasteiger charge is 2.12. The number of benzene rings is 1. The van der Waals surface area contributed by atoms with Gasteiger partial charge in [0.25, 0.3) is 0 Å². The SMILES string of the molecule is CC(C)COC/C=C/COCc1ccc2c(c1)OCO2. The van der Waals surface area contributed by atoms with Crippen molar-refractivity contribution in [3.8, 4) is 11.5 Å². The number of hydrogen-bond acceptors (Lipinski definition) is 4. The van der Waals surface area contributed by atoms with Crippen LogP contribution in [0.4, 0.5) is 0 Å². The molecule has 1 heterocycles. The smallest absolute Gasteiger partial charge is 0.231 e. The predicted octanol–water partition coefficient (Wildman–Crippen LogP) is 3.16. The molecule has 1 aromatic carbocycles. The van der Waals surface area contributed by atoms with E-state index in [1.165, 1.54) is 0 Å². The summed E-state index contributed by atoms with van der Waals surface area (Å²) in [6.07, 6.45) is 3.97. The second-order valence-electron chi connectivity index (χ2n) is 5.11. The minimum absolute atomic E-state index is 0.304. The van der Waals surface area contributed by atoms with Gasteiger partial charge in [-0.2, -0.15) is 0 Å². The lowest BCUT2D eigenvalue weighted by atomic mass is 10.2. The lowest BCUT2D eigenvalue weighted by molar-refractivity contribution is 0.131. The van der Waals surface area contributed by atoms with Gasteiger partial charge >= 0.3 is 0 Å². The molecule has 110 valence electrons. The Labute approximate surface area is 120 Å². The molecule has 0 saturated heterocycles. The lowest BCUT2D eigenvalue weighted by Gasteiger charge is -2.04. The van der Waals surface area contributed by atoms with Crippen molar-refractivity contribution in [2.24, 2.45) is 5.92 Å². The number of hydrogen-bond donors (Lipinski definition) is 0. The maximum Gasteiger partial charge on any atom is 0.231 e. The minimum Gasteiger partial charge on any atom is -0.454 e. The van der Waals surface area contributed by atoms with Crippen molar-refractivity contribution in [1.82, 2.24) is 0 Å². The van der Waals surface area contributed by atoms with Gasteiger partial charge in [-0.15, -0.1) is 0 Å². The highest BCUT2D eigenvalue weighted by molar-refractivity contribution is 5.44. The van der Waals surface area contributed by atoms with E-state index in [0.29, 0.717) is 32.5 Å². The third-order valence-electron chi connectivity index (χ3n) is 2.75. The Morgan fingerprint density at radius 2 is 1.85 bits per heavy atom. The van der Waals surface area contributed by atoms with Crippen LogP contribution in [0.15, 0.2) is 30.4 Å². The van der Waals surface area contributed by atoms with Crippen molar-refractivity contribution in [2.45, 2.75) is 20.5 Å². The van der Waals surface area contributed by atoms with Crippen LogP contribution in [0.25, 0.3) is 0 Å². The normalized spacial score (nSPS) is 13.6. The fourth-order valence-corrected chi connectivity index (χ4v) is 1.78. The van der Waals surface area contributed by atoms with Crippen LogP contribution in [0.3, 0.4) is 0 Å². The Hall–Kier alpha value is -1.52. The average Bonchev–Trinajstić information content (AvgIpc) is 2.89. The van der Waals surface area contributed by atoms with Gasteiger partial charge in [0.2, 0.25) is 6.79 Å². The summed E-state index contributed by atoms with van der Waals surface area (Å²) in [5.74, 6) is 2.17. The molecular formula is C16H22O4. The van der Waals surface area contributed by atoms with Gasteiger partial charge in [-0.25, -0.2) is 0 Å². The fraction of sp³-hybridized carbons (Fsp3) is 0.500. The van der Waals surface area contributed by atoms with Crippen LogP contribution in [0, 0.1) is 5.92 Å². The first-order chi connectivity index (χ1) is 9.75. The summed E-state index contributed by atoms with van der Waals surface area (Å²) in [7, 11) is 0. The molecule has 0 spiro atoms. The van der Waals surface area contributed by atoms with Crippen molar-refractivity contribution in [1.29, 1.82) is 0 Å². The molecule has 20 heavy (non-hydrogen) atoms. The molecule has 0 fully saturated rings. The summed E-state index contributed by atoms with van der Waals surface area (Å²) in [6.45, 7) is 7.16. The topological polar surface area (TPSA) is 36.9 Å². The third-order valence-corrected chi connectivity index (χ3v) is 2.75. The van der Waals surface area contributed by atoms with Crippen LogP contribution < -0.4 is 9.47 Å². The molecule has 0 N–H and O–H groups in total. The molecule has 1 aliphatic rings. The molecule has 0 saturated carbocycles. The molecule has 0 aromatic heterocycles. The number of ether oxygens (including phenoxy) is 4. The van der Waals surface area contributed by atoms with E-state index in [9.17, 15) is 0 Å². The fourth-order valence-electron chi connectivity index (χ4n) is 1.78. The molecule has 0 radical (unpaired) electrons. The van der Waals surface area contributed by atoms with Gasteiger partial charge in [-0.1, -0.05) is 32.1 Å². The van der Waals surface area contributed by atoms with E-state index in [1.54, 1.807) is 0 Å². The van der Waals surface area contributed by atoms with Crippen LogP contribution in [0.1, 0.15) is 19.4 Å². The summed E-state index contributed by atoms with van der Waals surface area (Å²) in [4.78, 5) is 0. The zero-order valence-electron chi connectivity index (χ0n) is 12.1. The highest BCUT2D eigenvalue weighted by Crippen LogP contribution is 2.32. The summed E-state index contributed by atoms with van der Waals surface area (Å²) in [6, 6.07) is 5.86. The number of fused-ring (bicyclic) bond motifs is 1. The number of rotatable bonds is 8. The van der Waals surface area contributed by atoms with Gasteiger partial charge < -0.3 is 18.9 Å². The van der Waals surface area contributed by atoms with E-state index in [0.717, 1.165) is 23.7 Å². The molecular weight excluding hydrogens is 256 g/mol. The molecule has 1 aliphatic heterocycles. The summed E-state index contributed by atoms with van der Waals surface area (Å²) >= 11 is 0. The van der Waals surface area contributed by atoms with Crippen molar-refractivity contribution in [3.05, 3.63) is 35.9 Å². The maximum atomic E-state index is 5.57. The molecule has 0 unspecified atom stereocenters. The molecule has 0 aliphatic carbocycles. The molecule has 2 rings (SSSR count). The Kier molecular flexibility index (Phi) is 5.89. The van der Waals surface area contributed by atoms with E-state index in [2.05, 4.69) is 13.8 Å². The van der Waals surface area contributed by atoms with Gasteiger partial charge in [0, 0.05) is 6.61 Å². The minimum atomic E-state index is 0.304.